The van der Waals surface area contributed by atoms with E-state index in [1.807, 2.05) is 26.0 Å². The number of fused-ring (bicyclic) bond motifs is 1. The van der Waals surface area contributed by atoms with Crippen LogP contribution in [0.2, 0.25) is 0 Å². The van der Waals surface area contributed by atoms with E-state index in [9.17, 15) is 24.3 Å². The molecule has 10 heteroatoms. The molecule has 1 aromatic carbocycles. The van der Waals surface area contributed by atoms with Crippen LogP contribution in [0.25, 0.3) is 0 Å². The van der Waals surface area contributed by atoms with Gasteiger partial charge >= 0.3 is 0 Å². The lowest BCUT2D eigenvalue weighted by atomic mass is 9.83. The number of aromatic nitrogens is 1. The molecule has 0 radical (unpaired) electrons. The summed E-state index contributed by atoms with van der Waals surface area (Å²) >= 11 is 0. The van der Waals surface area contributed by atoms with Crippen LogP contribution in [0.1, 0.15) is 71.4 Å². The minimum Gasteiger partial charge on any atom is -0.475 e. The molecule has 3 aliphatic heterocycles. The van der Waals surface area contributed by atoms with Gasteiger partial charge in [0.2, 0.25) is 17.7 Å². The zero-order chi connectivity index (χ0) is 26.3. The second kappa shape index (κ2) is 9.68. The lowest BCUT2D eigenvalue weighted by molar-refractivity contribution is -0.136. The number of likely N-dealkylation sites (tertiary alicyclic amines) is 1. The van der Waals surface area contributed by atoms with E-state index in [0.29, 0.717) is 43.9 Å². The topological polar surface area (TPSA) is 129 Å². The first-order valence-electron chi connectivity index (χ1n) is 12.6. The van der Waals surface area contributed by atoms with Crippen LogP contribution < -0.4 is 10.1 Å². The standard InChI is InChI=1S/C27H30N4O6/c1-16(2)37-23-8-3-17(14-28-23)15-30-11-9-27(36,10-12-30)18-4-5-19-20(13-18)26(35)31(25(19)34)21-6-7-22(32)29-24(21)33/h3-5,8,13-14,16,21,36H,6-7,9-12,15H2,1-2H3,(H,29,32,33). The number of rotatable bonds is 6. The minimum atomic E-state index is -1.13. The highest BCUT2D eigenvalue weighted by molar-refractivity contribution is 6.23. The molecule has 4 amide bonds. The van der Waals surface area contributed by atoms with Gasteiger partial charge in [-0.05, 0) is 56.4 Å². The van der Waals surface area contributed by atoms with Crippen LogP contribution in [-0.2, 0) is 21.7 Å². The van der Waals surface area contributed by atoms with Gasteiger partial charge in [-0.25, -0.2) is 4.98 Å². The first kappa shape index (κ1) is 25.0. The number of imide groups is 2. The molecule has 0 spiro atoms. The molecule has 194 valence electrons. The van der Waals surface area contributed by atoms with Gasteiger partial charge in [-0.15, -0.1) is 0 Å². The summed E-state index contributed by atoms with van der Waals surface area (Å²) in [7, 11) is 0. The van der Waals surface area contributed by atoms with E-state index < -0.39 is 35.3 Å². The van der Waals surface area contributed by atoms with Crippen molar-refractivity contribution < 1.29 is 29.0 Å². The number of carbonyl (C=O) groups is 4. The highest BCUT2D eigenvalue weighted by Gasteiger charge is 2.45. The van der Waals surface area contributed by atoms with Gasteiger partial charge in [0.25, 0.3) is 11.8 Å². The average Bonchev–Trinajstić information content (AvgIpc) is 3.11. The van der Waals surface area contributed by atoms with Gasteiger partial charge in [0, 0.05) is 38.3 Å². The van der Waals surface area contributed by atoms with E-state index in [4.69, 9.17) is 4.74 Å². The van der Waals surface area contributed by atoms with E-state index in [0.717, 1.165) is 10.5 Å². The average molecular weight is 507 g/mol. The second-order valence-electron chi connectivity index (χ2n) is 10.2. The first-order valence-corrected chi connectivity index (χ1v) is 12.6. The number of hydrogen-bond acceptors (Lipinski definition) is 8. The molecule has 2 N–H and O–H groups in total. The fourth-order valence-corrected chi connectivity index (χ4v) is 5.20. The van der Waals surface area contributed by atoms with Gasteiger partial charge in [0.05, 0.1) is 22.8 Å². The Labute approximate surface area is 214 Å². The quantitative estimate of drug-likeness (QED) is 0.567. The van der Waals surface area contributed by atoms with E-state index in [1.165, 1.54) is 0 Å². The molecule has 37 heavy (non-hydrogen) atoms. The molecule has 0 bridgehead atoms. The molecular formula is C27H30N4O6. The molecule has 0 saturated carbocycles. The van der Waals surface area contributed by atoms with E-state index in [-0.39, 0.29) is 30.1 Å². The molecule has 3 aliphatic rings. The van der Waals surface area contributed by atoms with Crippen LogP contribution in [0.3, 0.4) is 0 Å². The monoisotopic (exact) mass is 506 g/mol. The number of nitrogens with one attached hydrogen (secondary N) is 1. The maximum Gasteiger partial charge on any atom is 0.262 e. The Morgan fingerprint density at radius 3 is 2.46 bits per heavy atom. The van der Waals surface area contributed by atoms with Gasteiger partial charge in [-0.2, -0.15) is 0 Å². The molecule has 5 rings (SSSR count). The molecule has 10 nitrogen and oxygen atoms in total. The van der Waals surface area contributed by atoms with Crippen molar-refractivity contribution in [1.82, 2.24) is 20.1 Å². The van der Waals surface area contributed by atoms with Crippen molar-refractivity contribution in [1.29, 1.82) is 0 Å². The smallest absolute Gasteiger partial charge is 0.262 e. The summed E-state index contributed by atoms with van der Waals surface area (Å²) in [5.41, 5.74) is 0.880. The van der Waals surface area contributed by atoms with E-state index >= 15 is 0 Å². The first-order chi connectivity index (χ1) is 17.6. The summed E-state index contributed by atoms with van der Waals surface area (Å²) in [4.78, 5) is 57.4. The number of benzene rings is 1. The van der Waals surface area contributed by atoms with Crippen LogP contribution in [0.15, 0.2) is 36.5 Å². The van der Waals surface area contributed by atoms with Gasteiger partial charge < -0.3 is 9.84 Å². The molecule has 1 unspecified atom stereocenters. The number of piperidine rings is 2. The number of carbonyl (C=O) groups excluding carboxylic acids is 4. The Bertz CT molecular complexity index is 1250. The van der Waals surface area contributed by atoms with Crippen LogP contribution in [0.5, 0.6) is 5.88 Å². The van der Waals surface area contributed by atoms with E-state index in [2.05, 4.69) is 15.2 Å². The highest BCUT2D eigenvalue weighted by atomic mass is 16.5. The molecule has 1 atom stereocenters. The van der Waals surface area contributed by atoms with Gasteiger partial charge in [0.15, 0.2) is 0 Å². The Kier molecular flexibility index (Phi) is 6.55. The number of amides is 4. The zero-order valence-electron chi connectivity index (χ0n) is 20.9. The lowest BCUT2D eigenvalue weighted by Crippen LogP contribution is -2.54. The maximum absolute atomic E-state index is 13.1. The molecule has 1 aromatic heterocycles. The number of pyridine rings is 1. The number of aliphatic hydroxyl groups is 1. The third kappa shape index (κ3) is 4.86. The van der Waals surface area contributed by atoms with Crippen molar-refractivity contribution >= 4 is 23.6 Å². The Morgan fingerprint density at radius 1 is 1.08 bits per heavy atom. The summed E-state index contributed by atoms with van der Waals surface area (Å²) < 4.78 is 5.59. The van der Waals surface area contributed by atoms with Crippen molar-refractivity contribution in [2.45, 2.75) is 63.8 Å². The number of hydrogen-bond donors (Lipinski definition) is 2. The Morgan fingerprint density at radius 2 is 1.81 bits per heavy atom. The summed E-state index contributed by atoms with van der Waals surface area (Å²) in [5, 5.41) is 13.6. The summed E-state index contributed by atoms with van der Waals surface area (Å²) in [5.74, 6) is -1.60. The maximum atomic E-state index is 13.1. The van der Waals surface area contributed by atoms with Crippen LogP contribution in [-0.4, -0.2) is 68.8 Å². The normalized spacial score (nSPS) is 21.8. The second-order valence-corrected chi connectivity index (χ2v) is 10.2. The molecule has 0 aliphatic carbocycles. The van der Waals surface area contributed by atoms with Crippen LogP contribution >= 0.6 is 0 Å². The highest BCUT2D eigenvalue weighted by Crippen LogP contribution is 2.36. The van der Waals surface area contributed by atoms with E-state index in [1.54, 1.807) is 24.4 Å². The molecule has 2 fully saturated rings. The fourth-order valence-electron chi connectivity index (χ4n) is 5.20. The van der Waals surface area contributed by atoms with Crippen molar-refractivity contribution in [3.05, 3.63) is 58.8 Å². The van der Waals surface area contributed by atoms with Crippen molar-refractivity contribution in [2.75, 3.05) is 13.1 Å². The predicted molar refractivity (Wildman–Crippen MR) is 132 cm³/mol. The van der Waals surface area contributed by atoms with Gasteiger partial charge in [-0.1, -0.05) is 12.1 Å². The largest absolute Gasteiger partial charge is 0.475 e. The predicted octanol–water partition coefficient (Wildman–Crippen LogP) is 1.75. The van der Waals surface area contributed by atoms with Gasteiger partial charge in [0.1, 0.15) is 6.04 Å². The Hall–Kier alpha value is -3.63. The summed E-state index contributed by atoms with van der Waals surface area (Å²) in [6.07, 6.45) is 2.96. The summed E-state index contributed by atoms with van der Waals surface area (Å²) in [6, 6.07) is 7.65. The Balaban J connectivity index is 1.25. The zero-order valence-corrected chi connectivity index (χ0v) is 20.9. The summed E-state index contributed by atoms with van der Waals surface area (Å²) in [6.45, 7) is 5.89. The van der Waals surface area contributed by atoms with Crippen LogP contribution in [0.4, 0.5) is 0 Å². The number of ether oxygens (including phenoxy) is 1. The van der Waals surface area contributed by atoms with Gasteiger partial charge in [-0.3, -0.25) is 34.3 Å². The SMILES string of the molecule is CC(C)Oc1ccc(CN2CCC(O)(c3ccc4c(c3)C(=O)N(C3CCC(=O)NC3=O)C4=O)CC2)cn1. The van der Waals surface area contributed by atoms with Crippen molar-refractivity contribution in [2.24, 2.45) is 0 Å². The lowest BCUT2D eigenvalue weighted by Gasteiger charge is -2.38. The number of nitrogens with zero attached hydrogens (tertiary/aromatic N) is 3. The molecule has 4 heterocycles. The third-order valence-corrected chi connectivity index (χ3v) is 7.22. The van der Waals surface area contributed by atoms with Crippen molar-refractivity contribution in [3.8, 4) is 5.88 Å². The minimum absolute atomic E-state index is 0.0613. The molecule has 2 aromatic rings. The fraction of sp³-hybridized carbons (Fsp3) is 0.444. The molecular weight excluding hydrogens is 476 g/mol. The molecule has 2 saturated heterocycles. The van der Waals surface area contributed by atoms with Crippen molar-refractivity contribution in [3.63, 3.8) is 0 Å². The third-order valence-electron chi connectivity index (χ3n) is 7.22. The van der Waals surface area contributed by atoms with Crippen LogP contribution in [0, 0.1) is 0 Å².